The van der Waals surface area contributed by atoms with Gasteiger partial charge in [-0.05, 0) is 237 Å². The first kappa shape index (κ1) is 64.6. The molecule has 7 saturated carbocycles. The Balaban J connectivity index is 0.688. The van der Waals surface area contributed by atoms with Crippen molar-refractivity contribution in [2.24, 2.45) is 88.8 Å². The SMILES string of the molecule is C=C(CCC(OCCC1CC1CCC(C)CC)OCCC1CC1CC1CC1CC)OCCCCCCN(CCCCC)CCCCCCCC(=O)CCC(OCCC1CC1CC1CC1CC)OCCC1CC1CC1CC1CC. The minimum absolute atomic E-state index is 0.140. The van der Waals surface area contributed by atoms with Gasteiger partial charge in [-0.25, -0.2) is 0 Å². The molecule has 16 unspecified atom stereocenters. The van der Waals surface area contributed by atoms with Gasteiger partial charge in [-0.2, -0.15) is 0 Å². The van der Waals surface area contributed by atoms with E-state index in [1.165, 1.54) is 212 Å². The van der Waals surface area contributed by atoms with Crippen molar-refractivity contribution in [3.05, 3.63) is 12.3 Å². The van der Waals surface area contributed by atoms with E-state index >= 15 is 0 Å². The molecule has 0 aliphatic heterocycles. The van der Waals surface area contributed by atoms with Gasteiger partial charge in [-0.3, -0.25) is 4.79 Å². The average Bonchev–Trinajstić information content (AvgIpc) is 4.25. The zero-order chi connectivity index (χ0) is 54.9. The third-order valence-corrected chi connectivity index (χ3v) is 21.8. The molecule has 0 bridgehead atoms. The predicted octanol–water partition coefficient (Wildman–Crippen LogP) is 19.0. The number of allylic oxidation sites excluding steroid dienone is 1. The molecule has 7 rings (SSSR count). The number of hydrogen-bond donors (Lipinski definition) is 0. The van der Waals surface area contributed by atoms with E-state index in [2.05, 4.69) is 53.0 Å². The second-order valence-corrected chi connectivity index (χ2v) is 28.3. The van der Waals surface area contributed by atoms with Crippen LogP contribution in [0.3, 0.4) is 0 Å². The maximum absolute atomic E-state index is 13.1. The predicted molar refractivity (Wildman–Crippen MR) is 325 cm³/mol. The van der Waals surface area contributed by atoms with Gasteiger partial charge >= 0.3 is 0 Å². The number of carbonyl (C=O) groups excluding carboxylic acids is 1. The summed E-state index contributed by atoms with van der Waals surface area (Å²) >= 11 is 0. The fraction of sp³-hybridized carbons (Fsp3) is 0.958. The van der Waals surface area contributed by atoms with E-state index in [1.807, 2.05) is 0 Å². The zero-order valence-electron chi connectivity index (χ0n) is 52.2. The molecule has 0 radical (unpaired) electrons. The summed E-state index contributed by atoms with van der Waals surface area (Å²) in [6.07, 6.45) is 45.5. The standard InChI is InChI=1S/C71H127NO6/c1-8-13-20-35-72(37-22-17-18-23-38-74-54(7)26-29-70(75-39-31-59-46-58(59)27-25-53(6)9-2)76-40-32-60-47-66(60)50-63-43-55(63)10-3)36-21-16-14-15-19-24-69(73)28-30-71(77-41-33-61-48-67(61)51-64-44-56(64)11-4)78-42-34-62-49-68(62)52-65-45-57(65)12-5/h53,55-68,70-71H,7-52H2,1-6H3. The molecule has 0 aromatic heterocycles. The number of Topliss-reactive ketones (excluding diaryl/α,β-unsaturated/α-hetero) is 1. The van der Waals surface area contributed by atoms with E-state index in [-0.39, 0.29) is 12.6 Å². The van der Waals surface area contributed by atoms with E-state index in [4.69, 9.17) is 23.7 Å². The summed E-state index contributed by atoms with van der Waals surface area (Å²) in [6, 6.07) is 0. The highest BCUT2D eigenvalue weighted by molar-refractivity contribution is 5.78. The molecule has 7 heteroatoms. The van der Waals surface area contributed by atoms with Gasteiger partial charge in [0.05, 0.1) is 38.8 Å². The van der Waals surface area contributed by atoms with Crippen LogP contribution in [0.25, 0.3) is 0 Å². The monoisotopic (exact) mass is 1090 g/mol. The highest BCUT2D eigenvalue weighted by Crippen LogP contribution is 2.56. The van der Waals surface area contributed by atoms with Crippen molar-refractivity contribution < 1.29 is 28.5 Å². The van der Waals surface area contributed by atoms with Crippen LogP contribution < -0.4 is 0 Å². The molecule has 452 valence electrons. The largest absolute Gasteiger partial charge is 0.499 e. The molecule has 16 atom stereocenters. The Bertz CT molecular complexity index is 1580. The molecule has 7 nitrogen and oxygen atoms in total. The first-order valence-electron chi connectivity index (χ1n) is 35.2. The Morgan fingerprint density at radius 1 is 0.423 bits per heavy atom. The lowest BCUT2D eigenvalue weighted by molar-refractivity contribution is -0.152. The van der Waals surface area contributed by atoms with Crippen LogP contribution in [0.5, 0.6) is 0 Å². The maximum Gasteiger partial charge on any atom is 0.158 e. The van der Waals surface area contributed by atoms with Crippen molar-refractivity contribution in [1.82, 2.24) is 4.90 Å². The summed E-state index contributed by atoms with van der Waals surface area (Å²) in [4.78, 5) is 15.9. The number of hydrogen-bond acceptors (Lipinski definition) is 7. The Labute approximate surface area is 482 Å². The van der Waals surface area contributed by atoms with Crippen molar-refractivity contribution >= 4 is 5.78 Å². The smallest absolute Gasteiger partial charge is 0.158 e. The van der Waals surface area contributed by atoms with Crippen LogP contribution in [0.1, 0.15) is 279 Å². The second kappa shape index (κ2) is 36.0. The minimum Gasteiger partial charge on any atom is -0.499 e. The van der Waals surface area contributed by atoms with Crippen molar-refractivity contribution in [2.45, 2.75) is 292 Å². The fourth-order valence-corrected chi connectivity index (χ4v) is 14.7. The molecule has 0 spiro atoms. The van der Waals surface area contributed by atoms with Crippen LogP contribution in [-0.2, 0) is 28.5 Å². The molecule has 0 heterocycles. The second-order valence-electron chi connectivity index (χ2n) is 28.3. The van der Waals surface area contributed by atoms with E-state index in [0.29, 0.717) is 18.6 Å². The van der Waals surface area contributed by atoms with Crippen LogP contribution in [0.2, 0.25) is 0 Å². The van der Waals surface area contributed by atoms with Gasteiger partial charge in [0, 0.05) is 32.1 Å². The quantitative estimate of drug-likeness (QED) is 0.0341. The lowest BCUT2D eigenvalue weighted by atomic mass is 10.00. The van der Waals surface area contributed by atoms with Crippen molar-refractivity contribution in [2.75, 3.05) is 52.7 Å². The third-order valence-electron chi connectivity index (χ3n) is 21.8. The molecular weight excluding hydrogens is 963 g/mol. The van der Waals surface area contributed by atoms with Gasteiger partial charge in [0.1, 0.15) is 5.78 Å². The van der Waals surface area contributed by atoms with E-state index in [1.54, 1.807) is 0 Å². The topological polar surface area (TPSA) is 66.5 Å². The Kier molecular flexibility index (Phi) is 29.8. The lowest BCUT2D eigenvalue weighted by Gasteiger charge is -2.22. The van der Waals surface area contributed by atoms with Crippen molar-refractivity contribution in [1.29, 1.82) is 0 Å². The molecule has 7 fully saturated rings. The van der Waals surface area contributed by atoms with Crippen molar-refractivity contribution in [3.63, 3.8) is 0 Å². The summed E-state index contributed by atoms with van der Waals surface area (Å²) in [7, 11) is 0. The number of rotatable bonds is 55. The maximum atomic E-state index is 13.1. The highest BCUT2D eigenvalue weighted by atomic mass is 16.7. The van der Waals surface area contributed by atoms with E-state index < -0.39 is 0 Å². The third kappa shape index (κ3) is 26.3. The summed E-state index contributed by atoms with van der Waals surface area (Å²) < 4.78 is 32.0. The molecule has 0 aromatic rings. The van der Waals surface area contributed by atoms with E-state index in [9.17, 15) is 4.79 Å². The normalized spacial score (nSPS) is 31.3. The number of unbranched alkanes of at least 4 members (excludes halogenated alkanes) is 9. The molecule has 0 aromatic carbocycles. The van der Waals surface area contributed by atoms with Gasteiger partial charge in [-0.1, -0.05) is 125 Å². The summed E-state index contributed by atoms with van der Waals surface area (Å²) in [5, 5.41) is 0. The van der Waals surface area contributed by atoms with Crippen molar-refractivity contribution in [3.8, 4) is 0 Å². The van der Waals surface area contributed by atoms with Crippen LogP contribution in [0.15, 0.2) is 12.3 Å². The Morgan fingerprint density at radius 3 is 1.27 bits per heavy atom. The Morgan fingerprint density at radius 2 is 0.808 bits per heavy atom. The highest BCUT2D eigenvalue weighted by Gasteiger charge is 2.47. The van der Waals surface area contributed by atoms with Gasteiger partial charge in [0.15, 0.2) is 12.6 Å². The minimum atomic E-state index is -0.210. The van der Waals surface area contributed by atoms with Crippen LogP contribution in [0, 0.1) is 88.8 Å². The van der Waals surface area contributed by atoms with Crippen LogP contribution in [0.4, 0.5) is 0 Å². The Hall–Kier alpha value is -0.990. The lowest BCUT2D eigenvalue weighted by Crippen LogP contribution is -2.27. The van der Waals surface area contributed by atoms with Gasteiger partial charge < -0.3 is 28.6 Å². The van der Waals surface area contributed by atoms with Crippen LogP contribution in [-0.4, -0.2) is 75.9 Å². The molecule has 7 aliphatic carbocycles. The number of ketones is 1. The zero-order valence-corrected chi connectivity index (χ0v) is 52.2. The van der Waals surface area contributed by atoms with E-state index in [0.717, 1.165) is 160 Å². The molecular formula is C71H127NO6. The molecule has 0 saturated heterocycles. The van der Waals surface area contributed by atoms with Crippen LogP contribution >= 0.6 is 0 Å². The van der Waals surface area contributed by atoms with Gasteiger partial charge in [-0.15, -0.1) is 0 Å². The van der Waals surface area contributed by atoms with Gasteiger partial charge in [0.2, 0.25) is 0 Å². The number of nitrogens with zero attached hydrogens (tertiary/aromatic N) is 1. The first-order valence-corrected chi connectivity index (χ1v) is 35.2. The number of carbonyl (C=O) groups is 1. The summed E-state index contributed by atoms with van der Waals surface area (Å²) in [6.45, 7) is 26.1. The molecule has 0 amide bonds. The fourth-order valence-electron chi connectivity index (χ4n) is 14.7. The summed E-state index contributed by atoms with van der Waals surface area (Å²) in [5.41, 5.74) is 0. The summed E-state index contributed by atoms with van der Waals surface area (Å²) in [5.74, 6) is 15.5. The first-order chi connectivity index (χ1) is 38.2. The van der Waals surface area contributed by atoms with Gasteiger partial charge in [0.25, 0.3) is 0 Å². The average molecular weight is 1090 g/mol. The number of ether oxygens (including phenoxy) is 5. The molecule has 0 N–H and O–H groups in total. The molecule has 7 aliphatic rings. The molecule has 78 heavy (non-hydrogen) atoms.